The average molecular weight is 609 g/mol. The molecule has 3 atom stereocenters. The van der Waals surface area contributed by atoms with E-state index in [2.05, 4.69) is 10.3 Å². The number of methoxy groups -OCH3 is 1. The van der Waals surface area contributed by atoms with Crippen LogP contribution in [0, 0.1) is 6.92 Å². The van der Waals surface area contributed by atoms with E-state index in [1.807, 2.05) is 31.2 Å². The first-order valence-electron chi connectivity index (χ1n) is 13.9. The maximum Gasteiger partial charge on any atom is 0.386 e. The van der Waals surface area contributed by atoms with Gasteiger partial charge in [0.05, 0.1) is 44.8 Å². The molecule has 1 unspecified atom stereocenters. The molecule has 3 aliphatic rings. The molecular formula is C30H32N4O8S. The largest absolute Gasteiger partial charge is 0.496 e. The van der Waals surface area contributed by atoms with Crippen molar-refractivity contribution in [1.29, 1.82) is 0 Å². The first kappa shape index (κ1) is 28.9. The third-order valence-electron chi connectivity index (χ3n) is 8.06. The van der Waals surface area contributed by atoms with Crippen LogP contribution in [0.2, 0.25) is 0 Å². The van der Waals surface area contributed by atoms with Gasteiger partial charge in [0, 0.05) is 23.6 Å². The monoisotopic (exact) mass is 608 g/mol. The van der Waals surface area contributed by atoms with Crippen molar-refractivity contribution in [2.24, 2.45) is 0 Å². The van der Waals surface area contributed by atoms with Gasteiger partial charge < -0.3 is 23.5 Å². The highest BCUT2D eigenvalue weighted by molar-refractivity contribution is 7.84. The Morgan fingerprint density at radius 3 is 2.72 bits per heavy atom. The highest BCUT2D eigenvalue weighted by Gasteiger charge is 2.37. The highest BCUT2D eigenvalue weighted by Crippen LogP contribution is 2.41. The quantitative estimate of drug-likeness (QED) is 0.363. The minimum absolute atomic E-state index is 0.0449. The molecule has 0 spiro atoms. The molecule has 0 fully saturated rings. The molecule has 9 bridgehead atoms. The molecular weight excluding hydrogens is 576 g/mol. The second-order valence-electron chi connectivity index (χ2n) is 10.6. The van der Waals surface area contributed by atoms with Crippen LogP contribution in [-0.2, 0) is 32.9 Å². The van der Waals surface area contributed by atoms with Crippen LogP contribution in [0.1, 0.15) is 53.1 Å². The van der Waals surface area contributed by atoms with Crippen LogP contribution in [0.5, 0.6) is 17.2 Å². The zero-order valence-corrected chi connectivity index (χ0v) is 24.8. The first-order chi connectivity index (χ1) is 20.7. The van der Waals surface area contributed by atoms with E-state index in [4.69, 9.17) is 18.4 Å². The molecule has 1 N–H and O–H groups in total. The van der Waals surface area contributed by atoms with Crippen LogP contribution < -0.4 is 13.7 Å². The second kappa shape index (κ2) is 11.5. The molecule has 4 aromatic rings. The lowest BCUT2D eigenvalue weighted by Crippen LogP contribution is -2.39. The van der Waals surface area contributed by atoms with Crippen molar-refractivity contribution in [1.82, 2.24) is 19.3 Å². The molecule has 4 heterocycles. The Hall–Kier alpha value is -4.20. The number of carboxylic acids is 1. The Balaban J connectivity index is 1.50. The van der Waals surface area contributed by atoms with Gasteiger partial charge in [-0.1, -0.05) is 17.3 Å². The van der Waals surface area contributed by atoms with Crippen LogP contribution in [0.4, 0.5) is 0 Å². The summed E-state index contributed by atoms with van der Waals surface area (Å²) in [6, 6.07) is 13.5. The van der Waals surface area contributed by atoms with Gasteiger partial charge >= 0.3 is 16.3 Å². The van der Waals surface area contributed by atoms with Gasteiger partial charge in [0.1, 0.15) is 29.4 Å². The van der Waals surface area contributed by atoms with Crippen LogP contribution in [0.25, 0.3) is 11.0 Å². The molecule has 3 aliphatic heterocycles. The van der Waals surface area contributed by atoms with Gasteiger partial charge in [-0.3, -0.25) is 4.79 Å². The summed E-state index contributed by atoms with van der Waals surface area (Å²) < 4.78 is 52.5. The summed E-state index contributed by atoms with van der Waals surface area (Å²) in [5, 5.41) is 18.6. The Labute approximate surface area is 249 Å². The summed E-state index contributed by atoms with van der Waals surface area (Å²) in [5.41, 5.74) is 5.03. The predicted octanol–water partition coefficient (Wildman–Crippen LogP) is 3.96. The zero-order chi connectivity index (χ0) is 30.3. The van der Waals surface area contributed by atoms with Gasteiger partial charge in [-0.25, -0.2) is 4.68 Å². The molecule has 0 saturated heterocycles. The number of aryl methyl sites for hydroxylation is 1. The van der Waals surface area contributed by atoms with Crippen molar-refractivity contribution in [3.63, 3.8) is 0 Å². The Bertz CT molecular complexity index is 1810. The number of hydrogen-bond donors (Lipinski definition) is 1. The maximum absolute atomic E-state index is 13.3. The smallest absolute Gasteiger partial charge is 0.386 e. The average Bonchev–Trinajstić information content (AvgIpc) is 3.40. The summed E-state index contributed by atoms with van der Waals surface area (Å²) in [5.74, 6) is -0.241. The molecule has 0 aliphatic carbocycles. The van der Waals surface area contributed by atoms with Gasteiger partial charge in [-0.2, -0.15) is 12.7 Å². The fourth-order valence-corrected chi connectivity index (χ4v) is 7.10. The predicted molar refractivity (Wildman–Crippen MR) is 156 cm³/mol. The fourth-order valence-electron chi connectivity index (χ4n) is 5.82. The number of aromatic nitrogens is 3. The van der Waals surface area contributed by atoms with Crippen LogP contribution >= 0.6 is 0 Å². The van der Waals surface area contributed by atoms with Crippen molar-refractivity contribution in [2.75, 3.05) is 26.9 Å². The number of benzene rings is 3. The minimum atomic E-state index is -4.16. The number of nitrogens with zero attached hydrogens (tertiary/aromatic N) is 4. The Morgan fingerprint density at radius 2 is 1.93 bits per heavy atom. The lowest BCUT2D eigenvalue weighted by Gasteiger charge is -2.33. The molecule has 7 rings (SSSR count). The van der Waals surface area contributed by atoms with Crippen LogP contribution in [0.15, 0.2) is 48.5 Å². The van der Waals surface area contributed by atoms with Gasteiger partial charge in [-0.05, 0) is 66.9 Å². The third-order valence-corrected chi connectivity index (χ3v) is 9.47. The van der Waals surface area contributed by atoms with E-state index in [1.54, 1.807) is 35.9 Å². The number of aliphatic carboxylic acids is 1. The van der Waals surface area contributed by atoms with Crippen LogP contribution in [0.3, 0.4) is 0 Å². The molecule has 13 heteroatoms. The molecule has 0 saturated carbocycles. The van der Waals surface area contributed by atoms with E-state index in [0.717, 1.165) is 16.6 Å². The summed E-state index contributed by atoms with van der Waals surface area (Å²) in [4.78, 5) is 12.1. The number of hydrogen-bond acceptors (Lipinski definition) is 9. The number of rotatable bonds is 3. The fraction of sp³-hybridized carbons (Fsp3) is 0.367. The standard InChI is InChI=1S/C30H32N4O8S/c1-18-23-6-7-26-30(18)31-32-33(26)10-11-40-12-13-41-22-5-9-27-21(14-22)17-34(43(37,38)42-27)19(2)24-15-20(4-8-28(24)39-3)25(23)16-29(35)36/h4-9,14-15,19,25H,10-13,16-17H2,1-3H3,(H,35,36)/t19-,25+/m1/s1. The lowest BCUT2D eigenvalue weighted by molar-refractivity contribution is -0.137. The van der Waals surface area contributed by atoms with E-state index in [0.29, 0.717) is 60.1 Å². The lowest BCUT2D eigenvalue weighted by atomic mass is 9.84. The van der Waals surface area contributed by atoms with Crippen molar-refractivity contribution in [3.05, 3.63) is 76.3 Å². The summed E-state index contributed by atoms with van der Waals surface area (Å²) in [7, 11) is -2.65. The molecule has 0 radical (unpaired) electrons. The topological polar surface area (TPSA) is 142 Å². The van der Waals surface area contributed by atoms with Crippen molar-refractivity contribution >= 4 is 27.3 Å². The summed E-state index contributed by atoms with van der Waals surface area (Å²) in [6.45, 7) is 5.22. The Morgan fingerprint density at radius 1 is 1.09 bits per heavy atom. The second-order valence-corrected chi connectivity index (χ2v) is 12.1. The van der Waals surface area contributed by atoms with E-state index < -0.39 is 28.2 Å². The zero-order valence-electron chi connectivity index (χ0n) is 24.0. The van der Waals surface area contributed by atoms with Gasteiger partial charge in [0.25, 0.3) is 0 Å². The molecule has 226 valence electrons. The number of ether oxygens (including phenoxy) is 3. The van der Waals surface area contributed by atoms with Gasteiger partial charge in [-0.15, -0.1) is 5.10 Å². The van der Waals surface area contributed by atoms with E-state index >= 15 is 0 Å². The number of fused-ring (bicyclic) bond motifs is 6. The number of carboxylic acid groups (broad SMARTS) is 1. The highest BCUT2D eigenvalue weighted by atomic mass is 32.2. The first-order valence-corrected chi connectivity index (χ1v) is 15.3. The molecule has 12 nitrogen and oxygen atoms in total. The van der Waals surface area contributed by atoms with Gasteiger partial charge in [0.2, 0.25) is 0 Å². The van der Waals surface area contributed by atoms with Crippen molar-refractivity contribution in [2.45, 2.75) is 45.3 Å². The SMILES string of the molecule is COc1ccc2cc1[C@@H](C)N1Cc3cc(ccc3OS1(=O)=O)OCCOCCn1nnc3c(C)c(ccc31)[C@H]2CC(=O)O. The Kier molecular flexibility index (Phi) is 7.71. The summed E-state index contributed by atoms with van der Waals surface area (Å²) >= 11 is 0. The molecule has 43 heavy (non-hydrogen) atoms. The van der Waals surface area contributed by atoms with Crippen molar-refractivity contribution < 1.29 is 36.7 Å². The normalized spacial score (nSPS) is 21.6. The van der Waals surface area contributed by atoms with Gasteiger partial charge in [0.15, 0.2) is 0 Å². The number of carbonyl (C=O) groups is 1. The molecule has 1 aromatic heterocycles. The third kappa shape index (κ3) is 5.51. The minimum Gasteiger partial charge on any atom is -0.496 e. The van der Waals surface area contributed by atoms with E-state index in [-0.39, 0.29) is 18.7 Å². The van der Waals surface area contributed by atoms with Crippen molar-refractivity contribution in [3.8, 4) is 17.2 Å². The molecule has 0 amide bonds. The van der Waals surface area contributed by atoms with Crippen LogP contribution in [-0.4, -0.2) is 65.7 Å². The maximum atomic E-state index is 13.3. The summed E-state index contributed by atoms with van der Waals surface area (Å²) in [6.07, 6.45) is -0.185. The van der Waals surface area contributed by atoms with E-state index in [1.165, 1.54) is 11.4 Å². The molecule has 3 aromatic carbocycles. The van der Waals surface area contributed by atoms with E-state index in [9.17, 15) is 18.3 Å².